The molecular weight excluding hydrogens is 232 g/mol. The molecule has 0 fully saturated rings. The summed E-state index contributed by atoms with van der Waals surface area (Å²) in [7, 11) is 0. The molecule has 0 aliphatic rings. The number of nitrogens with one attached hydrogen (secondary N) is 1. The normalized spacial score (nSPS) is 12.5. The molecule has 4 nitrogen and oxygen atoms in total. The third-order valence-electron chi connectivity index (χ3n) is 2.54. The first-order valence-corrected chi connectivity index (χ1v) is 6.63. The van der Waals surface area contributed by atoms with Crippen molar-refractivity contribution in [2.75, 3.05) is 6.54 Å². The van der Waals surface area contributed by atoms with E-state index in [-0.39, 0.29) is 6.04 Å². The summed E-state index contributed by atoms with van der Waals surface area (Å²) < 4.78 is 3.93. The van der Waals surface area contributed by atoms with Crippen LogP contribution in [0.15, 0.2) is 29.9 Å². The smallest absolute Gasteiger partial charge is 0.0928 e. The van der Waals surface area contributed by atoms with E-state index >= 15 is 0 Å². The molecule has 2 heterocycles. The number of hydrogen-bond donors (Lipinski definition) is 1. The highest BCUT2D eigenvalue weighted by Gasteiger charge is 2.14. The van der Waals surface area contributed by atoms with Crippen LogP contribution in [-0.4, -0.2) is 21.1 Å². The molecule has 0 saturated carbocycles. The first-order chi connectivity index (χ1) is 8.40. The Morgan fingerprint density at radius 1 is 1.47 bits per heavy atom. The van der Waals surface area contributed by atoms with E-state index in [9.17, 15) is 0 Å². The molecular formula is C12H16N4S. The van der Waals surface area contributed by atoms with Crippen molar-refractivity contribution < 1.29 is 0 Å². The lowest BCUT2D eigenvalue weighted by Gasteiger charge is -2.15. The number of hydrogen-bond acceptors (Lipinski definition) is 5. The van der Waals surface area contributed by atoms with E-state index in [1.165, 1.54) is 17.1 Å². The van der Waals surface area contributed by atoms with Crippen molar-refractivity contribution in [3.05, 3.63) is 41.2 Å². The third kappa shape index (κ3) is 3.57. The van der Waals surface area contributed by atoms with Crippen molar-refractivity contribution in [3.63, 3.8) is 0 Å². The molecule has 0 aliphatic heterocycles. The molecule has 17 heavy (non-hydrogen) atoms. The molecule has 1 atom stereocenters. The van der Waals surface area contributed by atoms with Gasteiger partial charge in [-0.15, -0.1) is 5.10 Å². The summed E-state index contributed by atoms with van der Waals surface area (Å²) in [5.74, 6) is 0. The van der Waals surface area contributed by atoms with Crippen LogP contribution in [0.1, 0.15) is 30.6 Å². The Balaban J connectivity index is 2.06. The van der Waals surface area contributed by atoms with Crippen LogP contribution >= 0.6 is 11.5 Å². The minimum atomic E-state index is 0.234. The zero-order valence-electron chi connectivity index (χ0n) is 9.84. The molecule has 0 bridgehead atoms. The molecule has 1 N–H and O–H groups in total. The first kappa shape index (κ1) is 12.1. The predicted molar refractivity (Wildman–Crippen MR) is 68.9 cm³/mol. The zero-order chi connectivity index (χ0) is 11.9. The molecule has 0 aromatic carbocycles. The molecule has 2 aromatic rings. The number of aromatic nitrogens is 3. The molecule has 0 radical (unpaired) electrons. The summed E-state index contributed by atoms with van der Waals surface area (Å²) >= 11 is 1.40. The van der Waals surface area contributed by atoms with Crippen molar-refractivity contribution >= 4 is 11.5 Å². The molecule has 1 unspecified atom stereocenters. The summed E-state index contributed by atoms with van der Waals surface area (Å²) in [6, 6.07) is 4.29. The minimum Gasteiger partial charge on any atom is -0.308 e. The number of pyridine rings is 1. The Hall–Kier alpha value is -1.33. The van der Waals surface area contributed by atoms with Gasteiger partial charge in [0.05, 0.1) is 11.7 Å². The predicted octanol–water partition coefficient (Wildman–Crippen LogP) is 2.22. The van der Waals surface area contributed by atoms with E-state index in [1.807, 2.05) is 17.6 Å². The van der Waals surface area contributed by atoms with Gasteiger partial charge in [-0.1, -0.05) is 17.5 Å². The van der Waals surface area contributed by atoms with Crippen molar-refractivity contribution in [1.29, 1.82) is 0 Å². The standard InChI is InChI=1S/C12H16N4S/c1-2-5-14-11(12-9-17-16-15-12)7-10-4-3-6-13-8-10/h3-4,6,8-9,11,14H,2,5,7H2,1H3. The van der Waals surface area contributed by atoms with Crippen molar-refractivity contribution in [1.82, 2.24) is 19.9 Å². The Morgan fingerprint density at radius 3 is 3.06 bits per heavy atom. The van der Waals surface area contributed by atoms with Gasteiger partial charge in [-0.05, 0) is 42.5 Å². The number of nitrogens with zero attached hydrogens (tertiary/aromatic N) is 3. The van der Waals surface area contributed by atoms with Crippen LogP contribution in [0.25, 0.3) is 0 Å². The van der Waals surface area contributed by atoms with E-state index < -0.39 is 0 Å². The van der Waals surface area contributed by atoms with E-state index in [0.717, 1.165) is 25.1 Å². The topological polar surface area (TPSA) is 50.7 Å². The Kier molecular flexibility index (Phi) is 4.58. The van der Waals surface area contributed by atoms with Gasteiger partial charge in [0, 0.05) is 17.8 Å². The Labute approximate surface area is 105 Å². The molecule has 2 rings (SSSR count). The quantitative estimate of drug-likeness (QED) is 0.851. The van der Waals surface area contributed by atoms with Crippen LogP contribution in [0.2, 0.25) is 0 Å². The highest BCUT2D eigenvalue weighted by Crippen LogP contribution is 2.16. The second-order valence-corrected chi connectivity index (χ2v) is 4.51. The van der Waals surface area contributed by atoms with Crippen LogP contribution in [0.5, 0.6) is 0 Å². The average molecular weight is 248 g/mol. The van der Waals surface area contributed by atoms with Crippen LogP contribution in [0.4, 0.5) is 0 Å². The molecule has 5 heteroatoms. The fourth-order valence-corrected chi connectivity index (χ4v) is 2.19. The van der Waals surface area contributed by atoms with Crippen LogP contribution in [-0.2, 0) is 6.42 Å². The van der Waals surface area contributed by atoms with E-state index in [1.54, 1.807) is 6.20 Å². The maximum absolute atomic E-state index is 4.15. The van der Waals surface area contributed by atoms with E-state index in [2.05, 4.69) is 32.9 Å². The summed E-state index contributed by atoms with van der Waals surface area (Å²) in [6.45, 7) is 3.15. The monoisotopic (exact) mass is 248 g/mol. The lowest BCUT2D eigenvalue weighted by molar-refractivity contribution is 0.516. The lowest BCUT2D eigenvalue weighted by atomic mass is 10.1. The van der Waals surface area contributed by atoms with Crippen LogP contribution in [0.3, 0.4) is 0 Å². The van der Waals surface area contributed by atoms with Crippen molar-refractivity contribution in [2.24, 2.45) is 0 Å². The van der Waals surface area contributed by atoms with Gasteiger partial charge in [0.25, 0.3) is 0 Å². The Morgan fingerprint density at radius 2 is 2.41 bits per heavy atom. The Bertz CT molecular complexity index is 415. The zero-order valence-corrected chi connectivity index (χ0v) is 10.7. The first-order valence-electron chi connectivity index (χ1n) is 5.79. The maximum atomic E-state index is 4.15. The second kappa shape index (κ2) is 6.42. The van der Waals surface area contributed by atoms with Gasteiger partial charge in [0.15, 0.2) is 0 Å². The van der Waals surface area contributed by atoms with Crippen LogP contribution < -0.4 is 5.32 Å². The van der Waals surface area contributed by atoms with E-state index in [0.29, 0.717) is 0 Å². The highest BCUT2D eigenvalue weighted by molar-refractivity contribution is 7.03. The van der Waals surface area contributed by atoms with Crippen molar-refractivity contribution in [2.45, 2.75) is 25.8 Å². The SMILES string of the molecule is CCCNC(Cc1cccnc1)c1csnn1. The third-order valence-corrected chi connectivity index (χ3v) is 3.06. The van der Waals surface area contributed by atoms with Crippen molar-refractivity contribution in [3.8, 4) is 0 Å². The summed E-state index contributed by atoms with van der Waals surface area (Å²) in [6.07, 6.45) is 5.71. The fourth-order valence-electron chi connectivity index (χ4n) is 1.68. The minimum absolute atomic E-state index is 0.234. The van der Waals surface area contributed by atoms with Gasteiger partial charge in [0.1, 0.15) is 0 Å². The fraction of sp³-hybridized carbons (Fsp3) is 0.417. The van der Waals surface area contributed by atoms with Gasteiger partial charge in [-0.2, -0.15) is 0 Å². The maximum Gasteiger partial charge on any atom is 0.0928 e. The van der Waals surface area contributed by atoms with Gasteiger partial charge >= 0.3 is 0 Å². The lowest BCUT2D eigenvalue weighted by Crippen LogP contribution is -2.24. The summed E-state index contributed by atoms with van der Waals surface area (Å²) in [5.41, 5.74) is 2.24. The average Bonchev–Trinajstić information content (AvgIpc) is 2.89. The molecule has 0 amide bonds. The molecule has 0 spiro atoms. The molecule has 0 saturated heterocycles. The van der Waals surface area contributed by atoms with Gasteiger partial charge in [-0.3, -0.25) is 4.98 Å². The van der Waals surface area contributed by atoms with Gasteiger partial charge in [-0.25, -0.2) is 0 Å². The van der Waals surface area contributed by atoms with E-state index in [4.69, 9.17) is 0 Å². The van der Waals surface area contributed by atoms with Crippen LogP contribution in [0, 0.1) is 0 Å². The molecule has 0 aliphatic carbocycles. The largest absolute Gasteiger partial charge is 0.308 e. The van der Waals surface area contributed by atoms with Gasteiger partial charge in [0.2, 0.25) is 0 Å². The highest BCUT2D eigenvalue weighted by atomic mass is 32.1. The second-order valence-electron chi connectivity index (χ2n) is 3.90. The summed E-state index contributed by atoms with van der Waals surface area (Å²) in [4.78, 5) is 4.14. The number of rotatable bonds is 6. The molecule has 2 aromatic heterocycles. The molecule has 90 valence electrons. The van der Waals surface area contributed by atoms with Gasteiger partial charge < -0.3 is 5.32 Å². The summed E-state index contributed by atoms with van der Waals surface area (Å²) in [5, 5.41) is 9.65.